The van der Waals surface area contributed by atoms with Gasteiger partial charge in [0.1, 0.15) is 0 Å². The predicted octanol–water partition coefficient (Wildman–Crippen LogP) is 2.91. The maximum absolute atomic E-state index is 4.75. The van der Waals surface area contributed by atoms with E-state index in [-0.39, 0.29) is 0 Å². The van der Waals surface area contributed by atoms with Gasteiger partial charge in [0, 0.05) is 24.9 Å². The van der Waals surface area contributed by atoms with Crippen LogP contribution in [0.3, 0.4) is 0 Å². The van der Waals surface area contributed by atoms with E-state index in [1.54, 1.807) is 0 Å². The second kappa shape index (κ2) is 4.42. The van der Waals surface area contributed by atoms with Gasteiger partial charge >= 0.3 is 0 Å². The average Bonchev–Trinajstić information content (AvgIpc) is 2.95. The first kappa shape index (κ1) is 11.2. The van der Waals surface area contributed by atoms with Gasteiger partial charge in [0.25, 0.3) is 0 Å². The zero-order valence-electron chi connectivity index (χ0n) is 9.93. The Morgan fingerprint density at radius 1 is 1.53 bits per heavy atom. The molecule has 1 aliphatic heterocycles. The van der Waals surface area contributed by atoms with Gasteiger partial charge in [0.15, 0.2) is 5.65 Å². The molecule has 0 aliphatic carbocycles. The maximum Gasteiger partial charge on any atom is 0.151 e. The average molecular weight is 294 g/mol. The van der Waals surface area contributed by atoms with E-state index < -0.39 is 0 Å². The second-order valence-corrected chi connectivity index (χ2v) is 5.49. The largest absolute Gasteiger partial charge is 0.306 e. The molecule has 90 valence electrons. The Hall–Kier alpha value is -0.870. The molecule has 0 radical (unpaired) electrons. The van der Waals surface area contributed by atoms with E-state index >= 15 is 0 Å². The third-order valence-corrected chi connectivity index (χ3v) is 4.21. The summed E-state index contributed by atoms with van der Waals surface area (Å²) in [6.45, 7) is 5.73. The Morgan fingerprint density at radius 3 is 3.12 bits per heavy atom. The fourth-order valence-electron chi connectivity index (χ4n) is 2.56. The van der Waals surface area contributed by atoms with Crippen molar-refractivity contribution in [3.63, 3.8) is 0 Å². The van der Waals surface area contributed by atoms with Crippen LogP contribution in [0.1, 0.15) is 25.0 Å². The van der Waals surface area contributed by atoms with E-state index in [2.05, 4.69) is 44.5 Å². The maximum atomic E-state index is 4.75. The topological polar surface area (TPSA) is 20.5 Å². The van der Waals surface area contributed by atoms with Gasteiger partial charge in [0.05, 0.1) is 10.2 Å². The number of hydrogen-bond acceptors (Lipinski definition) is 2. The first-order valence-electron chi connectivity index (χ1n) is 6.13. The lowest BCUT2D eigenvalue weighted by Crippen LogP contribution is -2.19. The molecular formula is C13H16BrN3. The monoisotopic (exact) mass is 293 g/mol. The van der Waals surface area contributed by atoms with E-state index in [1.807, 2.05) is 12.1 Å². The molecule has 3 rings (SSSR count). The van der Waals surface area contributed by atoms with E-state index in [0.717, 1.165) is 23.2 Å². The van der Waals surface area contributed by atoms with Crippen molar-refractivity contribution in [2.24, 2.45) is 0 Å². The van der Waals surface area contributed by atoms with Crippen LogP contribution in [-0.2, 0) is 0 Å². The molecule has 4 heteroatoms. The van der Waals surface area contributed by atoms with Crippen LogP contribution in [0.15, 0.2) is 29.0 Å². The first-order chi connectivity index (χ1) is 8.28. The van der Waals surface area contributed by atoms with Crippen molar-refractivity contribution in [2.75, 3.05) is 19.6 Å². The number of pyridine rings is 1. The van der Waals surface area contributed by atoms with Crippen molar-refractivity contribution in [2.45, 2.75) is 19.3 Å². The van der Waals surface area contributed by atoms with Gasteiger partial charge in [-0.25, -0.2) is 4.98 Å². The molecule has 0 aromatic carbocycles. The van der Waals surface area contributed by atoms with Crippen LogP contribution in [0.25, 0.3) is 5.65 Å². The smallest absolute Gasteiger partial charge is 0.151 e. The summed E-state index contributed by atoms with van der Waals surface area (Å²) in [5, 5.41) is 0. The molecule has 1 aliphatic rings. The summed E-state index contributed by atoms with van der Waals surface area (Å²) in [4.78, 5) is 7.24. The Balaban J connectivity index is 1.94. The van der Waals surface area contributed by atoms with Gasteiger partial charge in [-0.3, -0.25) is 0 Å². The molecule has 0 spiro atoms. The third kappa shape index (κ3) is 2.00. The SMILES string of the molecule is CCN1CCC(c2cn3cccc(Br)c3n2)C1. The summed E-state index contributed by atoms with van der Waals surface area (Å²) >= 11 is 3.55. The highest BCUT2D eigenvalue weighted by Gasteiger charge is 2.24. The lowest BCUT2D eigenvalue weighted by Gasteiger charge is -2.11. The molecule has 3 heterocycles. The van der Waals surface area contributed by atoms with Gasteiger partial charge < -0.3 is 9.30 Å². The third-order valence-electron chi connectivity index (χ3n) is 3.59. The normalized spacial score (nSPS) is 21.4. The highest BCUT2D eigenvalue weighted by atomic mass is 79.9. The van der Waals surface area contributed by atoms with E-state index in [0.29, 0.717) is 5.92 Å². The summed E-state index contributed by atoms with van der Waals surface area (Å²) < 4.78 is 3.17. The van der Waals surface area contributed by atoms with Crippen molar-refractivity contribution >= 4 is 21.6 Å². The van der Waals surface area contributed by atoms with Crippen LogP contribution >= 0.6 is 15.9 Å². The highest BCUT2D eigenvalue weighted by molar-refractivity contribution is 9.10. The van der Waals surface area contributed by atoms with Gasteiger partial charge in [-0.15, -0.1) is 0 Å². The van der Waals surface area contributed by atoms with Crippen LogP contribution < -0.4 is 0 Å². The fourth-order valence-corrected chi connectivity index (χ4v) is 3.00. The van der Waals surface area contributed by atoms with E-state index in [9.17, 15) is 0 Å². The molecule has 0 saturated carbocycles. The molecule has 0 bridgehead atoms. The molecule has 2 aromatic rings. The number of hydrogen-bond donors (Lipinski definition) is 0. The molecule has 0 N–H and O–H groups in total. The minimum absolute atomic E-state index is 0.599. The van der Waals surface area contributed by atoms with Crippen molar-refractivity contribution < 1.29 is 0 Å². The minimum atomic E-state index is 0.599. The van der Waals surface area contributed by atoms with Gasteiger partial charge in [0.2, 0.25) is 0 Å². The fraction of sp³-hybridized carbons (Fsp3) is 0.462. The molecule has 2 aromatic heterocycles. The molecule has 3 nitrogen and oxygen atoms in total. The zero-order chi connectivity index (χ0) is 11.8. The van der Waals surface area contributed by atoms with Crippen molar-refractivity contribution in [3.8, 4) is 0 Å². The number of fused-ring (bicyclic) bond motifs is 1. The van der Waals surface area contributed by atoms with Crippen LogP contribution in [0.2, 0.25) is 0 Å². The van der Waals surface area contributed by atoms with Crippen LogP contribution in [0, 0.1) is 0 Å². The summed E-state index contributed by atoms with van der Waals surface area (Å²) in [5.74, 6) is 0.599. The second-order valence-electron chi connectivity index (χ2n) is 4.63. The van der Waals surface area contributed by atoms with Gasteiger partial charge in [-0.05, 0) is 47.6 Å². The van der Waals surface area contributed by atoms with Crippen LogP contribution in [0.5, 0.6) is 0 Å². The number of likely N-dealkylation sites (tertiary alicyclic amines) is 1. The van der Waals surface area contributed by atoms with Crippen LogP contribution in [0.4, 0.5) is 0 Å². The van der Waals surface area contributed by atoms with Gasteiger partial charge in [-0.2, -0.15) is 0 Å². The van der Waals surface area contributed by atoms with Crippen LogP contribution in [-0.4, -0.2) is 33.9 Å². The minimum Gasteiger partial charge on any atom is -0.306 e. The van der Waals surface area contributed by atoms with Crippen molar-refractivity contribution in [1.82, 2.24) is 14.3 Å². The van der Waals surface area contributed by atoms with E-state index in [1.165, 1.54) is 18.7 Å². The summed E-state index contributed by atoms with van der Waals surface area (Å²) in [5.41, 5.74) is 2.25. The van der Waals surface area contributed by atoms with Gasteiger partial charge in [-0.1, -0.05) is 6.92 Å². The van der Waals surface area contributed by atoms with Crippen molar-refractivity contribution in [1.29, 1.82) is 0 Å². The number of halogens is 1. The summed E-state index contributed by atoms with van der Waals surface area (Å²) in [6.07, 6.45) is 5.46. The summed E-state index contributed by atoms with van der Waals surface area (Å²) in [6, 6.07) is 4.08. The number of imidazole rings is 1. The number of likely N-dealkylation sites (N-methyl/N-ethyl adjacent to an activating group) is 1. The molecule has 1 fully saturated rings. The molecule has 1 saturated heterocycles. The Labute approximate surface area is 110 Å². The molecular weight excluding hydrogens is 278 g/mol. The molecule has 0 amide bonds. The Bertz CT molecular complexity index is 534. The van der Waals surface area contributed by atoms with E-state index in [4.69, 9.17) is 4.98 Å². The Morgan fingerprint density at radius 2 is 2.41 bits per heavy atom. The number of aromatic nitrogens is 2. The number of rotatable bonds is 2. The predicted molar refractivity (Wildman–Crippen MR) is 72.4 cm³/mol. The lowest BCUT2D eigenvalue weighted by atomic mass is 10.1. The summed E-state index contributed by atoms with van der Waals surface area (Å²) in [7, 11) is 0. The zero-order valence-corrected chi connectivity index (χ0v) is 11.5. The van der Waals surface area contributed by atoms with Crippen molar-refractivity contribution in [3.05, 3.63) is 34.7 Å². The molecule has 17 heavy (non-hydrogen) atoms. The highest BCUT2D eigenvalue weighted by Crippen LogP contribution is 2.27. The number of nitrogens with zero attached hydrogens (tertiary/aromatic N) is 3. The molecule has 1 atom stereocenters. The first-order valence-corrected chi connectivity index (χ1v) is 6.92. The standard InChI is InChI=1S/C13H16BrN3/c1-2-16-7-5-10(8-16)12-9-17-6-3-4-11(14)13(17)15-12/h3-4,6,9-10H,2,5,7-8H2,1H3. The quantitative estimate of drug-likeness (QED) is 0.849. The lowest BCUT2D eigenvalue weighted by molar-refractivity contribution is 0.353. The Kier molecular flexibility index (Phi) is 2.92. The molecule has 1 unspecified atom stereocenters.